The molecule has 5 nitrogen and oxygen atoms in total. The highest BCUT2D eigenvalue weighted by molar-refractivity contribution is 7.11. The second kappa shape index (κ2) is 4.67. The molecule has 0 radical (unpaired) electrons. The van der Waals surface area contributed by atoms with Gasteiger partial charge in [0, 0.05) is 13.1 Å². The maximum absolute atomic E-state index is 5.75. The van der Waals surface area contributed by atoms with Crippen molar-refractivity contribution in [1.82, 2.24) is 4.37 Å². The van der Waals surface area contributed by atoms with E-state index in [2.05, 4.69) is 9.27 Å². The van der Waals surface area contributed by atoms with Crippen LogP contribution >= 0.6 is 11.5 Å². The van der Waals surface area contributed by atoms with Crippen LogP contribution in [0.3, 0.4) is 0 Å². The molecule has 2 N–H and O–H groups in total. The van der Waals surface area contributed by atoms with E-state index in [9.17, 15) is 0 Å². The van der Waals surface area contributed by atoms with Crippen LogP contribution in [0.1, 0.15) is 6.92 Å². The molecule has 0 atom stereocenters. The fourth-order valence-electron chi connectivity index (χ4n) is 1.53. The Morgan fingerprint density at radius 1 is 1.53 bits per heavy atom. The molecule has 0 spiro atoms. The van der Waals surface area contributed by atoms with E-state index in [1.807, 2.05) is 6.92 Å². The molecule has 1 fully saturated rings. The first-order valence-corrected chi connectivity index (χ1v) is 5.81. The Hall–Kier alpha value is -1.01. The van der Waals surface area contributed by atoms with Crippen molar-refractivity contribution >= 4 is 22.4 Å². The number of nitrogen functional groups attached to an aromatic ring is 1. The van der Waals surface area contributed by atoms with Crippen molar-refractivity contribution in [3.05, 3.63) is 0 Å². The number of nitrogens with two attached hydrogens (primary N) is 1. The van der Waals surface area contributed by atoms with E-state index in [0.29, 0.717) is 12.4 Å². The van der Waals surface area contributed by atoms with E-state index < -0.39 is 0 Å². The Bertz CT molecular complexity index is 323. The average Bonchev–Trinajstić information content (AvgIpc) is 2.63. The summed E-state index contributed by atoms with van der Waals surface area (Å²) >= 11 is 1.39. The first-order valence-electron chi connectivity index (χ1n) is 5.03. The topological polar surface area (TPSA) is 60.6 Å². The zero-order valence-electron chi connectivity index (χ0n) is 8.73. The number of rotatable bonds is 3. The van der Waals surface area contributed by atoms with E-state index in [1.165, 1.54) is 11.5 Å². The van der Waals surface area contributed by atoms with Crippen molar-refractivity contribution in [2.75, 3.05) is 43.5 Å². The van der Waals surface area contributed by atoms with Crippen LogP contribution in [-0.4, -0.2) is 37.3 Å². The van der Waals surface area contributed by atoms with Crippen molar-refractivity contribution in [1.29, 1.82) is 0 Å². The van der Waals surface area contributed by atoms with Gasteiger partial charge >= 0.3 is 0 Å². The third-order valence-corrected chi connectivity index (χ3v) is 3.15. The van der Waals surface area contributed by atoms with Gasteiger partial charge in [0.05, 0.1) is 19.8 Å². The summed E-state index contributed by atoms with van der Waals surface area (Å²) in [5.41, 5.74) is 5.75. The van der Waals surface area contributed by atoms with Crippen LogP contribution in [0.15, 0.2) is 0 Å². The quantitative estimate of drug-likeness (QED) is 0.836. The molecule has 1 aliphatic rings. The maximum Gasteiger partial charge on any atom is 0.197 e. The van der Waals surface area contributed by atoms with E-state index >= 15 is 0 Å². The Balaban J connectivity index is 2.18. The van der Waals surface area contributed by atoms with Gasteiger partial charge < -0.3 is 20.1 Å². The van der Waals surface area contributed by atoms with Crippen molar-refractivity contribution in [2.24, 2.45) is 0 Å². The highest BCUT2D eigenvalue weighted by Gasteiger charge is 2.20. The first kappa shape index (κ1) is 10.5. The minimum atomic E-state index is 0.489. The third-order valence-electron chi connectivity index (χ3n) is 2.24. The van der Waals surface area contributed by atoms with E-state index in [0.717, 1.165) is 37.1 Å². The van der Waals surface area contributed by atoms with Gasteiger partial charge in [-0.3, -0.25) is 0 Å². The molecule has 84 valence electrons. The minimum Gasteiger partial charge on any atom is -0.487 e. The molecule has 1 saturated heterocycles. The lowest BCUT2D eigenvalue weighted by atomic mass is 10.4. The van der Waals surface area contributed by atoms with Gasteiger partial charge in [-0.15, -0.1) is 0 Å². The van der Waals surface area contributed by atoms with Crippen LogP contribution in [0.5, 0.6) is 5.75 Å². The largest absolute Gasteiger partial charge is 0.487 e. The van der Waals surface area contributed by atoms with Crippen molar-refractivity contribution in [3.8, 4) is 5.75 Å². The molecule has 2 heterocycles. The zero-order chi connectivity index (χ0) is 10.7. The lowest BCUT2D eigenvalue weighted by Gasteiger charge is -2.27. The molecule has 1 aromatic heterocycles. The zero-order valence-corrected chi connectivity index (χ0v) is 9.55. The summed E-state index contributed by atoms with van der Waals surface area (Å²) in [4.78, 5) is 2.21. The summed E-state index contributed by atoms with van der Waals surface area (Å²) in [5.74, 6) is 1.22. The predicted octanol–water partition coefficient (Wildman–Crippen LogP) is 0.961. The lowest BCUT2D eigenvalue weighted by molar-refractivity contribution is 0.122. The van der Waals surface area contributed by atoms with Gasteiger partial charge in [0.2, 0.25) is 0 Å². The van der Waals surface area contributed by atoms with Gasteiger partial charge in [-0.2, -0.15) is 4.37 Å². The molecule has 1 aliphatic heterocycles. The highest BCUT2D eigenvalue weighted by Crippen LogP contribution is 2.38. The second-order valence-electron chi connectivity index (χ2n) is 3.23. The van der Waals surface area contributed by atoms with E-state index in [-0.39, 0.29) is 0 Å². The first-order chi connectivity index (χ1) is 7.33. The van der Waals surface area contributed by atoms with Gasteiger partial charge in [-0.25, -0.2) is 0 Å². The molecular weight excluding hydrogens is 214 g/mol. The average molecular weight is 229 g/mol. The number of ether oxygens (including phenoxy) is 2. The lowest BCUT2D eigenvalue weighted by Crippen LogP contribution is -2.35. The molecule has 0 amide bonds. The second-order valence-corrected chi connectivity index (χ2v) is 3.99. The van der Waals surface area contributed by atoms with Crippen LogP contribution < -0.4 is 15.4 Å². The number of aromatic nitrogens is 1. The molecule has 6 heteroatoms. The summed E-state index contributed by atoms with van der Waals surface area (Å²) in [6, 6.07) is 0. The molecule has 15 heavy (non-hydrogen) atoms. The normalized spacial score (nSPS) is 16.7. The minimum absolute atomic E-state index is 0.489. The van der Waals surface area contributed by atoms with Crippen molar-refractivity contribution in [2.45, 2.75) is 6.92 Å². The predicted molar refractivity (Wildman–Crippen MR) is 60.7 cm³/mol. The Morgan fingerprint density at radius 3 is 2.93 bits per heavy atom. The van der Waals surface area contributed by atoms with Crippen molar-refractivity contribution < 1.29 is 9.47 Å². The van der Waals surface area contributed by atoms with Crippen LogP contribution in [0, 0.1) is 0 Å². The van der Waals surface area contributed by atoms with Gasteiger partial charge in [0.25, 0.3) is 0 Å². The fraction of sp³-hybridized carbons (Fsp3) is 0.667. The summed E-state index contributed by atoms with van der Waals surface area (Å²) in [5, 5.41) is 1.03. The number of hydrogen-bond acceptors (Lipinski definition) is 6. The molecular formula is C9H15N3O2S. The number of anilines is 2. The summed E-state index contributed by atoms with van der Waals surface area (Å²) in [7, 11) is 0. The SMILES string of the molecule is CCOc1c(N)nsc1N1CCOCC1. The Labute approximate surface area is 92.9 Å². The van der Waals surface area contributed by atoms with Crippen molar-refractivity contribution in [3.63, 3.8) is 0 Å². The van der Waals surface area contributed by atoms with Gasteiger partial charge in [0.1, 0.15) is 0 Å². The van der Waals surface area contributed by atoms with Crippen LogP contribution in [-0.2, 0) is 4.74 Å². The Kier molecular flexibility index (Phi) is 3.27. The summed E-state index contributed by atoms with van der Waals surface area (Å²) < 4.78 is 14.9. The molecule has 1 aromatic rings. The van der Waals surface area contributed by atoms with Crippen LogP contribution in [0.2, 0.25) is 0 Å². The maximum atomic E-state index is 5.75. The summed E-state index contributed by atoms with van der Waals surface area (Å²) in [6.45, 7) is 5.82. The Morgan fingerprint density at radius 2 is 2.27 bits per heavy atom. The standard InChI is InChI=1S/C9H15N3O2S/c1-2-14-7-8(10)11-15-9(7)12-3-5-13-6-4-12/h2-6H2,1H3,(H2,10,11). The van der Waals surface area contributed by atoms with Crippen LogP contribution in [0.4, 0.5) is 10.8 Å². The molecule has 0 bridgehead atoms. The van der Waals surface area contributed by atoms with Gasteiger partial charge in [0.15, 0.2) is 16.6 Å². The number of hydrogen-bond donors (Lipinski definition) is 1. The van der Waals surface area contributed by atoms with E-state index in [1.54, 1.807) is 0 Å². The molecule has 0 unspecified atom stereocenters. The van der Waals surface area contributed by atoms with Gasteiger partial charge in [-0.05, 0) is 18.5 Å². The smallest absolute Gasteiger partial charge is 0.197 e. The summed E-state index contributed by atoms with van der Waals surface area (Å²) in [6.07, 6.45) is 0. The monoisotopic (exact) mass is 229 g/mol. The van der Waals surface area contributed by atoms with Gasteiger partial charge in [-0.1, -0.05) is 0 Å². The molecule has 2 rings (SSSR count). The number of morpholine rings is 1. The fourth-order valence-corrected chi connectivity index (χ4v) is 2.34. The number of nitrogens with zero attached hydrogens (tertiary/aromatic N) is 2. The highest BCUT2D eigenvalue weighted by atomic mass is 32.1. The third kappa shape index (κ3) is 2.15. The van der Waals surface area contributed by atoms with Crippen LogP contribution in [0.25, 0.3) is 0 Å². The molecule has 0 saturated carbocycles. The van der Waals surface area contributed by atoms with E-state index in [4.69, 9.17) is 15.2 Å². The molecule has 0 aromatic carbocycles. The molecule has 0 aliphatic carbocycles.